The average molecular weight is 1260 g/mol. The van der Waals surface area contributed by atoms with Crippen LogP contribution in [0.2, 0.25) is 0 Å². The van der Waals surface area contributed by atoms with Crippen molar-refractivity contribution in [3.8, 4) is 0 Å². The Morgan fingerprint density at radius 3 is 1.49 bits per heavy atom. The van der Waals surface area contributed by atoms with Crippen molar-refractivity contribution in [1.82, 2.24) is 9.88 Å². The molecule has 0 bridgehead atoms. The fourth-order valence-corrected chi connectivity index (χ4v) is 16.0. The number of allylic oxidation sites excluding steroid dienone is 1. The number of aromatic nitrogens is 1. The maximum Gasteiger partial charge on any atom is 0.342 e. The van der Waals surface area contributed by atoms with Gasteiger partial charge in [-0.05, 0) is 139 Å². The molecule has 0 spiro atoms. The average Bonchev–Trinajstić information content (AvgIpc) is 1.77. The minimum absolute atomic E-state index is 0.00263. The number of carbonyl (C=O) groups is 7. The van der Waals surface area contributed by atoms with Crippen LogP contribution >= 0.6 is 11.8 Å². The lowest BCUT2D eigenvalue weighted by Gasteiger charge is -2.50. The molecule has 2 saturated carbocycles. The molecule has 0 aromatic carbocycles. The molecule has 15 nitrogen and oxygen atoms in total. The van der Waals surface area contributed by atoms with Gasteiger partial charge in [0.2, 0.25) is 5.91 Å². The number of amidine groups is 1. The molecule has 2 aliphatic carbocycles. The third kappa shape index (κ3) is 17.8. The molecule has 1 aliphatic heterocycles. The van der Waals surface area contributed by atoms with Crippen LogP contribution in [0, 0.1) is 73.9 Å². The summed E-state index contributed by atoms with van der Waals surface area (Å²) in [4.78, 5) is 109. The van der Waals surface area contributed by atoms with Gasteiger partial charge < -0.3 is 29.4 Å². The van der Waals surface area contributed by atoms with Crippen LogP contribution < -0.4 is 0 Å². The van der Waals surface area contributed by atoms with Crippen LogP contribution in [0.15, 0.2) is 34.0 Å². The predicted molar refractivity (Wildman–Crippen MR) is 358 cm³/mol. The molecule has 2 fully saturated rings. The van der Waals surface area contributed by atoms with Crippen LogP contribution in [0.25, 0.3) is 6.08 Å². The van der Waals surface area contributed by atoms with Gasteiger partial charge in [-0.25, -0.2) is 19.4 Å². The number of carbonyl (C=O) groups excluding carboxylic acids is 5. The number of likely N-dealkylation sites (N-methyl/N-ethyl adjacent to an activating group) is 1. The maximum atomic E-state index is 16.0. The fourth-order valence-electron chi connectivity index (χ4n) is 14.8. The van der Waals surface area contributed by atoms with Crippen LogP contribution in [0.5, 0.6) is 0 Å². The van der Waals surface area contributed by atoms with E-state index in [2.05, 4.69) is 94.6 Å². The Morgan fingerprint density at radius 2 is 1.11 bits per heavy atom. The molecular weight excluding hydrogens is 1140 g/mol. The first kappa shape index (κ1) is 76.5. The molecule has 4 rings (SSSR count). The van der Waals surface area contributed by atoms with E-state index in [0.717, 1.165) is 11.8 Å². The number of ether oxygens (including phenoxy) is 3. The number of ketones is 1. The van der Waals surface area contributed by atoms with E-state index < -0.39 is 75.4 Å². The van der Waals surface area contributed by atoms with Crippen molar-refractivity contribution in [3.05, 3.63) is 51.5 Å². The minimum Gasteiger partial charge on any atom is -0.481 e. The molecule has 0 radical (unpaired) electrons. The molecule has 0 saturated heterocycles. The number of hydrogen-bond acceptors (Lipinski definition) is 12. The van der Waals surface area contributed by atoms with E-state index in [9.17, 15) is 29.4 Å². The van der Waals surface area contributed by atoms with E-state index in [1.807, 2.05) is 75.3 Å². The number of aromatic amines is 1. The number of esters is 3. The molecule has 5 unspecified atom stereocenters. The monoisotopic (exact) mass is 1260 g/mol. The van der Waals surface area contributed by atoms with Gasteiger partial charge in [0.25, 0.3) is 0 Å². The number of hydrogen-bond donors (Lipinski definition) is 3. The van der Waals surface area contributed by atoms with Crippen molar-refractivity contribution in [1.29, 1.82) is 0 Å². The molecule has 89 heavy (non-hydrogen) atoms. The van der Waals surface area contributed by atoms with Crippen molar-refractivity contribution in [3.63, 3.8) is 0 Å². The lowest BCUT2D eigenvalue weighted by atomic mass is 9.58. The zero-order chi connectivity index (χ0) is 68.0. The summed E-state index contributed by atoms with van der Waals surface area (Å²) in [6, 6.07) is 0. The van der Waals surface area contributed by atoms with Crippen LogP contribution in [-0.2, 0) is 49.4 Å². The van der Waals surface area contributed by atoms with E-state index in [1.54, 1.807) is 14.0 Å². The molecular formula is C73H117N3O12S. The summed E-state index contributed by atoms with van der Waals surface area (Å²) in [6.45, 7) is 51.5. The van der Waals surface area contributed by atoms with Crippen molar-refractivity contribution >= 4 is 65.2 Å². The van der Waals surface area contributed by atoms with Crippen LogP contribution in [-0.4, -0.2) is 104 Å². The van der Waals surface area contributed by atoms with Crippen LogP contribution in [0.1, 0.15) is 263 Å². The Morgan fingerprint density at radius 1 is 0.674 bits per heavy atom. The van der Waals surface area contributed by atoms with Gasteiger partial charge in [-0.2, -0.15) is 0 Å². The van der Waals surface area contributed by atoms with E-state index in [4.69, 9.17) is 19.2 Å². The van der Waals surface area contributed by atoms with Gasteiger partial charge in [0.15, 0.2) is 5.84 Å². The van der Waals surface area contributed by atoms with Gasteiger partial charge in [0.05, 0.1) is 24.3 Å². The van der Waals surface area contributed by atoms with Crippen molar-refractivity contribution < 1.29 is 58.0 Å². The van der Waals surface area contributed by atoms with Gasteiger partial charge in [0.1, 0.15) is 28.8 Å². The molecule has 3 aliphatic rings. The number of amides is 1. The van der Waals surface area contributed by atoms with Gasteiger partial charge in [-0.15, -0.1) is 11.8 Å². The molecule has 5 atom stereocenters. The second-order valence-electron chi connectivity index (χ2n) is 31.5. The number of H-pyrrole nitrogens is 1. The quantitative estimate of drug-likeness (QED) is 0.0447. The topological polar surface area (TPSA) is 219 Å². The smallest absolute Gasteiger partial charge is 0.342 e. The van der Waals surface area contributed by atoms with E-state index >= 15 is 14.4 Å². The highest BCUT2D eigenvalue weighted by Gasteiger charge is 2.53. The number of carboxylic acids is 2. The first-order chi connectivity index (χ1) is 40.9. The standard InChI is InChI=1S/C73H117N3O12S/c1-26-72(27-2,28-3)54(77)37-52-58(65(83)87-60-46(68(13,14)15)32-44(33-47(60)69(16,17)18)39-86-64(82)43(11)12)56(41(7)8)50(74-52)36-51-57(42(9)10)59(62(75-51)76(25)67(85)73(29-4,30-5)31-6)66(84)88-61-48(70(19,20)21)34-45(35-49(61)71(22,23)24)40-89-53(63(80)81)38-55(78)79/h36,41-42,44-49,53,60-61,74H,11,26-35,37-40H2,1-10,12-25H3,(H,78,79)(H,80,81)/b51-36-. The number of nitrogens with one attached hydrogen (secondary N) is 1. The van der Waals surface area contributed by atoms with Crippen molar-refractivity contribution in [2.45, 2.75) is 260 Å². The molecule has 3 N–H and O–H groups in total. The number of thioether (sulfide) groups is 1. The summed E-state index contributed by atoms with van der Waals surface area (Å²) < 4.78 is 19.9. The summed E-state index contributed by atoms with van der Waals surface area (Å²) in [5, 5.41) is 18.4. The molecule has 16 heteroatoms. The second-order valence-corrected chi connectivity index (χ2v) is 32.7. The number of aliphatic carboxylic acids is 2. The first-order valence-electron chi connectivity index (χ1n) is 33.4. The van der Waals surface area contributed by atoms with Gasteiger partial charge in [-0.1, -0.05) is 159 Å². The molecule has 1 aromatic rings. The number of carboxylic acid groups (broad SMARTS) is 2. The number of rotatable bonds is 26. The Hall–Kier alpha value is -4.99. The molecule has 502 valence electrons. The molecule has 1 amide bonds. The van der Waals surface area contributed by atoms with E-state index in [-0.39, 0.29) is 94.3 Å². The normalized spacial score (nSPS) is 23.1. The SMILES string of the molecule is C=C(C)C(=O)OCC1CC(C(C)(C)C)C(OC(=O)c2c(CC(=O)C(CC)(CC)CC)[nH]c(/C=C3\N=C(N(C)C(=O)C(CC)(CC)CC)C(C(=O)OC4C(C(C)(C)C)CC(CSC(CC(=O)O)C(=O)O)CC4C(C)(C)C)=C3C(C)C)c2C(C)C)C(C(C)(C)C)C1. The van der Waals surface area contributed by atoms with E-state index in [1.165, 1.54) is 4.90 Å². The van der Waals surface area contributed by atoms with Crippen LogP contribution in [0.3, 0.4) is 0 Å². The lowest BCUT2D eigenvalue weighted by Crippen LogP contribution is -2.51. The number of nitrogens with zero attached hydrogens (tertiary/aromatic N) is 2. The molecule has 2 heterocycles. The number of aliphatic imine (C=N–C) groups is 1. The van der Waals surface area contributed by atoms with E-state index in [0.29, 0.717) is 109 Å². The van der Waals surface area contributed by atoms with Crippen molar-refractivity contribution in [2.75, 3.05) is 19.4 Å². The Kier molecular flexibility index (Phi) is 25.9. The predicted octanol–water partition coefficient (Wildman–Crippen LogP) is 16.5. The summed E-state index contributed by atoms with van der Waals surface area (Å²) in [5.74, 6) is -4.85. The zero-order valence-electron chi connectivity index (χ0n) is 59.3. The highest BCUT2D eigenvalue weighted by Crippen LogP contribution is 2.53. The maximum absolute atomic E-state index is 16.0. The largest absolute Gasteiger partial charge is 0.481 e. The second kappa shape index (κ2) is 30.2. The summed E-state index contributed by atoms with van der Waals surface area (Å²) >= 11 is 1.15. The third-order valence-corrected chi connectivity index (χ3v) is 22.3. The highest BCUT2D eigenvalue weighted by molar-refractivity contribution is 8.00. The summed E-state index contributed by atoms with van der Waals surface area (Å²) in [5.41, 5.74) is 0.499. The summed E-state index contributed by atoms with van der Waals surface area (Å²) in [7, 11) is 1.68. The Bertz CT molecular complexity index is 2770. The third-order valence-electron chi connectivity index (χ3n) is 20.9. The Labute approximate surface area is 540 Å². The van der Waals surface area contributed by atoms with Crippen molar-refractivity contribution in [2.24, 2.45) is 78.9 Å². The van der Waals surface area contributed by atoms with Gasteiger partial charge >= 0.3 is 29.8 Å². The molecule has 1 aromatic heterocycles. The van der Waals surface area contributed by atoms with Gasteiger partial charge in [-0.3, -0.25) is 24.1 Å². The minimum atomic E-state index is -1.17. The lowest BCUT2D eigenvalue weighted by molar-refractivity contribution is -0.164. The van der Waals surface area contributed by atoms with Crippen LogP contribution in [0.4, 0.5) is 0 Å². The van der Waals surface area contributed by atoms with Gasteiger partial charge in [0, 0.05) is 64.9 Å². The number of Topliss-reactive ketones (excluding diaryl/α,β-unsaturated/α-hetero) is 1. The summed E-state index contributed by atoms with van der Waals surface area (Å²) in [6.07, 6.45) is 6.18. The first-order valence-corrected chi connectivity index (χ1v) is 34.4. The zero-order valence-corrected chi connectivity index (χ0v) is 60.1. The Balaban J connectivity index is 2.09. The highest BCUT2D eigenvalue weighted by atomic mass is 32.2. The fraction of sp³-hybridized carbons (Fsp3) is 0.753.